The van der Waals surface area contributed by atoms with Crippen molar-refractivity contribution in [2.24, 2.45) is 0 Å². The Labute approximate surface area is 149 Å². The van der Waals surface area contributed by atoms with E-state index in [4.69, 9.17) is 9.40 Å². The van der Waals surface area contributed by atoms with Gasteiger partial charge in [-0.1, -0.05) is 42.5 Å². The Morgan fingerprint density at radius 1 is 0.880 bits per heavy atom. The molecule has 3 heteroatoms. The van der Waals surface area contributed by atoms with Crippen molar-refractivity contribution in [1.29, 1.82) is 0 Å². The predicted octanol–water partition coefficient (Wildman–Crippen LogP) is 4.96. The van der Waals surface area contributed by atoms with Crippen LogP contribution in [0.5, 0.6) is 0 Å². The summed E-state index contributed by atoms with van der Waals surface area (Å²) in [5, 5.41) is 0. The zero-order chi connectivity index (χ0) is 17.1. The van der Waals surface area contributed by atoms with Crippen molar-refractivity contribution in [2.75, 3.05) is 19.6 Å². The van der Waals surface area contributed by atoms with Gasteiger partial charge < -0.3 is 9.32 Å². The lowest BCUT2D eigenvalue weighted by atomic mass is 10.0. The lowest BCUT2D eigenvalue weighted by molar-refractivity contribution is 0.341. The molecule has 2 aromatic carbocycles. The molecular formula is C22H24N2O. The van der Waals surface area contributed by atoms with E-state index in [1.54, 1.807) is 0 Å². The number of nitrogens with zero attached hydrogens (tertiary/aromatic N) is 2. The molecule has 0 spiro atoms. The summed E-state index contributed by atoms with van der Waals surface area (Å²) in [6.07, 6.45) is 3.63. The van der Waals surface area contributed by atoms with Gasteiger partial charge in [-0.25, -0.2) is 4.98 Å². The zero-order valence-electron chi connectivity index (χ0n) is 14.7. The van der Waals surface area contributed by atoms with Gasteiger partial charge in [0, 0.05) is 18.5 Å². The fraction of sp³-hybridized carbons (Fsp3) is 0.318. The van der Waals surface area contributed by atoms with Crippen LogP contribution in [0.1, 0.15) is 24.3 Å². The topological polar surface area (TPSA) is 29.3 Å². The fourth-order valence-electron chi connectivity index (χ4n) is 3.49. The number of benzene rings is 2. The highest BCUT2D eigenvalue weighted by atomic mass is 16.4. The normalized spacial score (nSPS) is 14.9. The van der Waals surface area contributed by atoms with Crippen molar-refractivity contribution >= 4 is 0 Å². The number of likely N-dealkylation sites (tertiary alicyclic amines) is 1. The van der Waals surface area contributed by atoms with Gasteiger partial charge in [-0.2, -0.15) is 0 Å². The summed E-state index contributed by atoms with van der Waals surface area (Å²) < 4.78 is 5.93. The number of rotatable bonds is 5. The van der Waals surface area contributed by atoms with Gasteiger partial charge >= 0.3 is 0 Å². The molecule has 3 nitrogen and oxygen atoms in total. The van der Waals surface area contributed by atoms with E-state index in [9.17, 15) is 0 Å². The largest absolute Gasteiger partial charge is 0.441 e. The van der Waals surface area contributed by atoms with E-state index in [1.165, 1.54) is 37.1 Å². The van der Waals surface area contributed by atoms with Gasteiger partial charge in [0.05, 0.1) is 5.69 Å². The molecule has 1 aliphatic rings. The molecule has 1 aliphatic heterocycles. The van der Waals surface area contributed by atoms with Crippen LogP contribution in [-0.2, 0) is 6.42 Å². The number of aryl methyl sites for hydroxylation is 1. The summed E-state index contributed by atoms with van der Waals surface area (Å²) in [4.78, 5) is 7.27. The van der Waals surface area contributed by atoms with Gasteiger partial charge in [-0.05, 0) is 56.1 Å². The summed E-state index contributed by atoms with van der Waals surface area (Å²) in [5.74, 6) is 1.68. The van der Waals surface area contributed by atoms with E-state index in [1.807, 2.05) is 13.0 Å². The average molecular weight is 332 g/mol. The van der Waals surface area contributed by atoms with Crippen molar-refractivity contribution in [3.63, 3.8) is 0 Å². The fourth-order valence-corrected chi connectivity index (χ4v) is 3.49. The van der Waals surface area contributed by atoms with Gasteiger partial charge in [-0.3, -0.25) is 0 Å². The molecule has 1 fully saturated rings. The van der Waals surface area contributed by atoms with Crippen molar-refractivity contribution in [3.05, 3.63) is 66.1 Å². The van der Waals surface area contributed by atoms with Crippen LogP contribution in [0.15, 0.2) is 59.0 Å². The first-order chi connectivity index (χ1) is 12.3. The van der Waals surface area contributed by atoms with E-state index in [2.05, 4.69) is 53.4 Å². The zero-order valence-corrected chi connectivity index (χ0v) is 14.7. The van der Waals surface area contributed by atoms with Crippen molar-refractivity contribution < 1.29 is 4.42 Å². The second-order valence-corrected chi connectivity index (χ2v) is 6.76. The predicted molar refractivity (Wildman–Crippen MR) is 101 cm³/mol. The highest BCUT2D eigenvalue weighted by Crippen LogP contribution is 2.26. The van der Waals surface area contributed by atoms with Crippen molar-refractivity contribution in [3.8, 4) is 22.6 Å². The van der Waals surface area contributed by atoms with Crippen LogP contribution in [0.3, 0.4) is 0 Å². The molecule has 25 heavy (non-hydrogen) atoms. The molecule has 0 atom stereocenters. The minimum Gasteiger partial charge on any atom is -0.441 e. The van der Waals surface area contributed by atoms with Gasteiger partial charge in [-0.15, -0.1) is 0 Å². The lowest BCUT2D eigenvalue weighted by Gasteiger charge is -2.12. The Bertz CT molecular complexity index is 815. The molecule has 0 unspecified atom stereocenters. The van der Waals surface area contributed by atoms with Crippen LogP contribution < -0.4 is 0 Å². The summed E-state index contributed by atoms with van der Waals surface area (Å²) in [6.45, 7) is 5.56. The standard InChI is InChI=1S/C22H24N2O/c1-17-21(13-16-24-14-5-6-15-24)23-22(25-17)20-11-9-19(10-12-20)18-7-3-2-4-8-18/h2-4,7-12H,5-6,13-16H2,1H3. The Kier molecular flexibility index (Phi) is 4.66. The third kappa shape index (κ3) is 3.67. The number of aromatic nitrogens is 1. The highest BCUT2D eigenvalue weighted by Gasteiger charge is 2.15. The van der Waals surface area contributed by atoms with E-state index in [-0.39, 0.29) is 0 Å². The Morgan fingerprint density at radius 2 is 1.52 bits per heavy atom. The first-order valence-electron chi connectivity index (χ1n) is 9.14. The smallest absolute Gasteiger partial charge is 0.226 e. The van der Waals surface area contributed by atoms with Crippen LogP contribution in [0.4, 0.5) is 0 Å². The monoisotopic (exact) mass is 332 g/mol. The van der Waals surface area contributed by atoms with Gasteiger partial charge in [0.25, 0.3) is 0 Å². The molecule has 128 valence electrons. The van der Waals surface area contributed by atoms with Gasteiger partial charge in [0.15, 0.2) is 0 Å². The molecule has 0 radical (unpaired) electrons. The average Bonchev–Trinajstić information content (AvgIpc) is 3.30. The highest BCUT2D eigenvalue weighted by molar-refractivity contribution is 5.67. The van der Waals surface area contributed by atoms with Crippen LogP contribution >= 0.6 is 0 Å². The molecule has 4 rings (SSSR count). The molecule has 0 bridgehead atoms. The first-order valence-corrected chi connectivity index (χ1v) is 9.14. The van der Waals surface area contributed by atoms with Crippen molar-refractivity contribution in [2.45, 2.75) is 26.2 Å². The summed E-state index contributed by atoms with van der Waals surface area (Å²) in [7, 11) is 0. The molecule has 0 amide bonds. The number of hydrogen-bond acceptors (Lipinski definition) is 3. The summed E-state index contributed by atoms with van der Waals surface area (Å²) >= 11 is 0. The number of hydrogen-bond donors (Lipinski definition) is 0. The molecule has 2 heterocycles. The molecule has 0 saturated carbocycles. The molecule has 1 saturated heterocycles. The van der Waals surface area contributed by atoms with E-state index in [0.717, 1.165) is 35.9 Å². The summed E-state index contributed by atoms with van der Waals surface area (Å²) in [6, 6.07) is 18.9. The lowest BCUT2D eigenvalue weighted by Crippen LogP contribution is -2.22. The van der Waals surface area contributed by atoms with Crippen molar-refractivity contribution in [1.82, 2.24) is 9.88 Å². The number of oxazole rings is 1. The van der Waals surface area contributed by atoms with E-state index in [0.29, 0.717) is 0 Å². The minimum atomic E-state index is 0.730. The SMILES string of the molecule is Cc1oc(-c2ccc(-c3ccccc3)cc2)nc1CCN1CCCC1. The van der Waals surface area contributed by atoms with Crippen LogP contribution in [-0.4, -0.2) is 29.5 Å². The Balaban J connectivity index is 1.49. The van der Waals surface area contributed by atoms with Gasteiger partial charge in [0.2, 0.25) is 5.89 Å². The van der Waals surface area contributed by atoms with Crippen LogP contribution in [0.25, 0.3) is 22.6 Å². The summed E-state index contributed by atoms with van der Waals surface area (Å²) in [5.41, 5.74) is 4.56. The molecule has 3 aromatic rings. The molecule has 1 aromatic heterocycles. The quantitative estimate of drug-likeness (QED) is 0.661. The van der Waals surface area contributed by atoms with Crippen LogP contribution in [0.2, 0.25) is 0 Å². The maximum absolute atomic E-state index is 5.93. The third-order valence-corrected chi connectivity index (χ3v) is 5.00. The Morgan fingerprint density at radius 3 is 2.24 bits per heavy atom. The van der Waals surface area contributed by atoms with E-state index < -0.39 is 0 Å². The van der Waals surface area contributed by atoms with E-state index >= 15 is 0 Å². The minimum absolute atomic E-state index is 0.730. The molecular weight excluding hydrogens is 308 g/mol. The first kappa shape index (κ1) is 16.1. The van der Waals surface area contributed by atoms with Crippen LogP contribution in [0, 0.1) is 6.92 Å². The Hall–Kier alpha value is -2.39. The van der Waals surface area contributed by atoms with Gasteiger partial charge in [0.1, 0.15) is 5.76 Å². The maximum Gasteiger partial charge on any atom is 0.226 e. The second-order valence-electron chi connectivity index (χ2n) is 6.76. The maximum atomic E-state index is 5.93. The molecule has 0 aliphatic carbocycles. The molecule has 0 N–H and O–H groups in total. The third-order valence-electron chi connectivity index (χ3n) is 5.00. The second kappa shape index (κ2) is 7.24.